The number of halogens is 3. The van der Waals surface area contributed by atoms with Crippen molar-refractivity contribution in [2.45, 2.75) is 82.7 Å². The van der Waals surface area contributed by atoms with Crippen LogP contribution in [0.15, 0.2) is 24.3 Å². The number of nitrogens with zero attached hydrogens (tertiary/aromatic N) is 1. The maximum atomic E-state index is 13.7. The Morgan fingerprint density at radius 2 is 1.61 bits per heavy atom. The zero-order valence-electron chi connectivity index (χ0n) is 18.7. The van der Waals surface area contributed by atoms with Gasteiger partial charge in [-0.15, -0.1) is 0 Å². The first-order chi connectivity index (χ1) is 14.2. The highest BCUT2D eigenvalue weighted by atomic mass is 32.2. The van der Waals surface area contributed by atoms with Crippen LogP contribution >= 0.6 is 0 Å². The summed E-state index contributed by atoms with van der Waals surface area (Å²) in [6.07, 6.45) is 2.60. The van der Waals surface area contributed by atoms with Crippen molar-refractivity contribution < 1.29 is 21.6 Å². The Balaban J connectivity index is 2.11. The predicted molar refractivity (Wildman–Crippen MR) is 118 cm³/mol. The van der Waals surface area contributed by atoms with Crippen LogP contribution in [-0.4, -0.2) is 31.2 Å². The van der Waals surface area contributed by atoms with Crippen molar-refractivity contribution in [3.8, 4) is 0 Å². The van der Waals surface area contributed by atoms with Crippen LogP contribution in [0.1, 0.15) is 76.5 Å². The van der Waals surface area contributed by atoms with Gasteiger partial charge in [-0.3, -0.25) is 0 Å². The summed E-state index contributed by atoms with van der Waals surface area (Å²) in [7, 11) is -3.88. The smallest absolute Gasteiger partial charge is 0.367 e. The number of alkyl halides is 3. The van der Waals surface area contributed by atoms with E-state index in [0.717, 1.165) is 31.7 Å². The maximum Gasteiger partial charge on any atom is 0.416 e. The Hall–Kier alpha value is -1.54. The van der Waals surface area contributed by atoms with Crippen molar-refractivity contribution in [3.05, 3.63) is 41.0 Å². The third-order valence-corrected chi connectivity index (χ3v) is 7.87. The molecule has 0 aromatic heterocycles. The minimum absolute atomic E-state index is 0.395. The Bertz CT molecular complexity index is 910. The summed E-state index contributed by atoms with van der Waals surface area (Å²) in [6.45, 7) is 8.01. The summed E-state index contributed by atoms with van der Waals surface area (Å²) in [5.41, 5.74) is 0.277. The fourth-order valence-electron chi connectivity index (χ4n) is 4.70. The minimum atomic E-state index is -4.49. The van der Waals surface area contributed by atoms with E-state index in [0.29, 0.717) is 29.3 Å². The van der Waals surface area contributed by atoms with Crippen molar-refractivity contribution in [2.24, 2.45) is 11.1 Å². The van der Waals surface area contributed by atoms with Crippen molar-refractivity contribution in [2.75, 3.05) is 6.54 Å². The number of primary sulfonamides is 1. The van der Waals surface area contributed by atoms with E-state index in [1.807, 2.05) is 25.7 Å². The number of benzene rings is 1. The van der Waals surface area contributed by atoms with Gasteiger partial charge in [-0.1, -0.05) is 40.0 Å². The molecule has 0 bridgehead atoms. The third kappa shape index (κ3) is 5.45. The Kier molecular flexibility index (Phi) is 6.55. The van der Waals surface area contributed by atoms with Gasteiger partial charge in [0.05, 0.1) is 5.56 Å². The summed E-state index contributed by atoms with van der Waals surface area (Å²) in [6, 6.07) is 3.64. The van der Waals surface area contributed by atoms with Crippen molar-refractivity contribution >= 4 is 15.7 Å². The lowest BCUT2D eigenvalue weighted by molar-refractivity contribution is -0.137. The minimum Gasteiger partial charge on any atom is -0.367 e. The highest BCUT2D eigenvalue weighted by Gasteiger charge is 2.40. The number of rotatable bonds is 4. The molecule has 0 radical (unpaired) electrons. The van der Waals surface area contributed by atoms with Gasteiger partial charge in [0, 0.05) is 18.3 Å². The number of sulfonamides is 1. The van der Waals surface area contributed by atoms with Gasteiger partial charge in [0.1, 0.15) is 5.25 Å². The van der Waals surface area contributed by atoms with E-state index < -0.39 is 38.5 Å². The zero-order chi connectivity index (χ0) is 23.2. The molecule has 2 atom stereocenters. The zero-order valence-corrected chi connectivity index (χ0v) is 19.5. The normalized spacial score (nSPS) is 23.9. The van der Waals surface area contributed by atoms with E-state index in [4.69, 9.17) is 5.14 Å². The highest BCUT2D eigenvalue weighted by Crippen LogP contribution is 2.40. The number of hydrogen-bond donors (Lipinski definition) is 1. The molecule has 1 fully saturated rings. The van der Waals surface area contributed by atoms with Crippen LogP contribution < -0.4 is 5.14 Å². The predicted octanol–water partition coefficient (Wildman–Crippen LogP) is 5.29. The van der Waals surface area contributed by atoms with E-state index >= 15 is 0 Å². The van der Waals surface area contributed by atoms with Crippen LogP contribution in [0.3, 0.4) is 0 Å². The van der Waals surface area contributed by atoms with E-state index in [-0.39, 0.29) is 0 Å². The van der Waals surface area contributed by atoms with E-state index in [9.17, 15) is 21.6 Å². The van der Waals surface area contributed by atoms with Gasteiger partial charge in [-0.2, -0.15) is 13.2 Å². The van der Waals surface area contributed by atoms with Gasteiger partial charge in [0.15, 0.2) is 0 Å². The molecule has 1 aliphatic heterocycles. The van der Waals surface area contributed by atoms with Crippen LogP contribution in [-0.2, 0) is 21.6 Å². The van der Waals surface area contributed by atoms with Crippen LogP contribution in [0.5, 0.6) is 0 Å². The summed E-state index contributed by atoms with van der Waals surface area (Å²) in [5, 5.41) is 4.54. The molecule has 1 aromatic carbocycles. The Morgan fingerprint density at radius 1 is 1.03 bits per heavy atom. The van der Waals surface area contributed by atoms with Crippen molar-refractivity contribution in [1.82, 2.24) is 4.90 Å². The lowest BCUT2D eigenvalue weighted by Gasteiger charge is -2.35. The second-order valence-electron chi connectivity index (χ2n) is 10.0. The molecular weight excluding hydrogens is 425 g/mol. The standard InChI is InChI=1S/C23H33F3N2O2S/c1-15-21(31(27,29)30)13-20(28(15)14-16-8-6-5-7-9-16)17-10-18(22(2,3)4)12-19(11-17)23(24,25)26/h10-13,15-16,21H,5-9,14H2,1-4H3,(H2,27,29,30). The average molecular weight is 459 g/mol. The monoisotopic (exact) mass is 458 g/mol. The molecule has 3 rings (SSSR count). The molecule has 1 aromatic rings. The molecule has 4 nitrogen and oxygen atoms in total. The molecule has 174 valence electrons. The molecular formula is C23H33F3N2O2S. The first-order valence-corrected chi connectivity index (χ1v) is 12.5. The van der Waals surface area contributed by atoms with Crippen LogP contribution in [0, 0.1) is 5.92 Å². The van der Waals surface area contributed by atoms with Gasteiger partial charge in [-0.05, 0) is 66.5 Å². The molecule has 0 saturated heterocycles. The first kappa shape index (κ1) is 24.1. The first-order valence-electron chi connectivity index (χ1n) is 10.9. The fourth-order valence-corrected chi connectivity index (χ4v) is 5.72. The molecule has 0 spiro atoms. The largest absolute Gasteiger partial charge is 0.416 e. The van der Waals surface area contributed by atoms with Crippen LogP contribution in [0.25, 0.3) is 5.70 Å². The van der Waals surface area contributed by atoms with E-state index in [1.54, 1.807) is 19.1 Å². The lowest BCUT2D eigenvalue weighted by Crippen LogP contribution is -2.42. The van der Waals surface area contributed by atoms with Gasteiger partial charge < -0.3 is 4.90 Å². The van der Waals surface area contributed by atoms with Crippen molar-refractivity contribution in [3.63, 3.8) is 0 Å². The van der Waals surface area contributed by atoms with Gasteiger partial charge in [0.2, 0.25) is 10.0 Å². The lowest BCUT2D eigenvalue weighted by atomic mass is 9.84. The highest BCUT2D eigenvalue weighted by molar-refractivity contribution is 7.90. The number of hydrogen-bond acceptors (Lipinski definition) is 3. The number of nitrogens with two attached hydrogens (primary N) is 1. The quantitative estimate of drug-likeness (QED) is 0.667. The van der Waals surface area contributed by atoms with Crippen LogP contribution in [0.2, 0.25) is 0 Å². The second-order valence-corrected chi connectivity index (χ2v) is 11.8. The SMILES string of the molecule is CC1C(S(N)(=O)=O)C=C(c2cc(C(C)(C)C)cc(C(F)(F)F)c2)N1CC1CCCCC1. The summed E-state index contributed by atoms with van der Waals surface area (Å²) < 4.78 is 65.5. The van der Waals surface area contributed by atoms with E-state index in [1.165, 1.54) is 12.5 Å². The molecule has 8 heteroatoms. The summed E-state index contributed by atoms with van der Waals surface area (Å²) in [5.74, 6) is 0.395. The summed E-state index contributed by atoms with van der Waals surface area (Å²) in [4.78, 5) is 1.97. The average Bonchev–Trinajstić information content (AvgIpc) is 2.97. The molecule has 0 amide bonds. The van der Waals surface area contributed by atoms with E-state index in [2.05, 4.69) is 0 Å². The second kappa shape index (κ2) is 8.43. The maximum absolute atomic E-state index is 13.7. The fraction of sp³-hybridized carbons (Fsp3) is 0.652. The molecule has 2 N–H and O–H groups in total. The van der Waals surface area contributed by atoms with Crippen molar-refractivity contribution in [1.29, 1.82) is 0 Å². The topological polar surface area (TPSA) is 63.4 Å². The van der Waals surface area contributed by atoms with Gasteiger partial charge >= 0.3 is 6.18 Å². The Labute approximate surface area is 183 Å². The molecule has 31 heavy (non-hydrogen) atoms. The Morgan fingerprint density at radius 3 is 2.13 bits per heavy atom. The molecule has 1 saturated carbocycles. The van der Waals surface area contributed by atoms with Crippen LogP contribution in [0.4, 0.5) is 13.2 Å². The summed E-state index contributed by atoms with van der Waals surface area (Å²) >= 11 is 0. The molecule has 2 aliphatic rings. The molecule has 2 unspecified atom stereocenters. The van der Waals surface area contributed by atoms with Gasteiger partial charge in [0.25, 0.3) is 0 Å². The molecule has 1 aliphatic carbocycles. The third-order valence-electron chi connectivity index (χ3n) is 6.58. The van der Waals surface area contributed by atoms with Gasteiger partial charge in [-0.25, -0.2) is 13.6 Å². The molecule has 1 heterocycles.